The van der Waals surface area contributed by atoms with Gasteiger partial charge in [-0.3, -0.25) is 4.79 Å². The molecule has 1 unspecified atom stereocenters. The number of carbonyl (C=O) groups excluding carboxylic acids is 1. The molecule has 0 bridgehead atoms. The van der Waals surface area contributed by atoms with Crippen molar-refractivity contribution in [1.29, 1.82) is 0 Å². The van der Waals surface area contributed by atoms with Crippen molar-refractivity contribution < 1.29 is 23.4 Å². The Morgan fingerprint density at radius 1 is 1.42 bits per heavy atom. The van der Waals surface area contributed by atoms with E-state index in [-0.39, 0.29) is 39.3 Å². The summed E-state index contributed by atoms with van der Waals surface area (Å²) in [7, 11) is 1.83. The van der Waals surface area contributed by atoms with Gasteiger partial charge in [0.25, 0.3) is 0 Å². The van der Waals surface area contributed by atoms with Crippen molar-refractivity contribution >= 4 is 5.91 Å². The molecule has 1 atom stereocenters. The maximum atomic E-state index is 10.7. The number of carbonyl (C=O) groups is 1. The van der Waals surface area contributed by atoms with E-state index in [0.717, 1.165) is 6.42 Å². The fourth-order valence-electron chi connectivity index (χ4n) is 0.584. The third-order valence-corrected chi connectivity index (χ3v) is 1.75. The first-order chi connectivity index (χ1) is 4.09. The summed E-state index contributed by atoms with van der Waals surface area (Å²) in [6.07, 6.45) is 1.02. The average molecular weight is 212 g/mol. The van der Waals surface area contributed by atoms with Crippen LogP contribution < -0.4 is 0 Å². The molecule has 12 heavy (non-hydrogen) atoms. The summed E-state index contributed by atoms with van der Waals surface area (Å²) in [6.45, 7) is 5.71. The molecule has 1 radical (unpaired) electrons. The third-order valence-electron chi connectivity index (χ3n) is 1.75. The number of amides is 1. The van der Waals surface area contributed by atoms with Gasteiger partial charge in [0.15, 0.2) is 0 Å². The Kier molecular flexibility index (Phi) is 20.9. The largest absolute Gasteiger partial charge is 0.343 e. The number of rotatable bonds is 2. The van der Waals surface area contributed by atoms with Crippen LogP contribution in [0.5, 0.6) is 0 Å². The van der Waals surface area contributed by atoms with Crippen LogP contribution in [-0.2, 0) is 23.4 Å². The van der Waals surface area contributed by atoms with Crippen LogP contribution in [0.4, 0.5) is 0 Å². The quantitative estimate of drug-likeness (QED) is 0.688. The van der Waals surface area contributed by atoms with Gasteiger partial charge in [-0.05, 0) is 13.3 Å². The van der Waals surface area contributed by atoms with Gasteiger partial charge in [0, 0.05) is 38.6 Å². The normalized spacial score (nSPS) is 9.67. The predicted molar refractivity (Wildman–Crippen MR) is 51.7 cm³/mol. The van der Waals surface area contributed by atoms with E-state index in [2.05, 4.69) is 6.92 Å². The van der Waals surface area contributed by atoms with Gasteiger partial charge in [0.2, 0.25) is 5.91 Å². The first-order valence-corrected chi connectivity index (χ1v) is 3.33. The maximum Gasteiger partial charge on any atom is 0.219 e. The third kappa shape index (κ3) is 8.15. The molecule has 0 fully saturated rings. The minimum absolute atomic E-state index is 0. The Hall–Kier alpha value is 0.0544. The second kappa shape index (κ2) is 11.1. The molecule has 0 aliphatic heterocycles. The van der Waals surface area contributed by atoms with E-state index < -0.39 is 0 Å². The average Bonchev–Trinajstić information content (AvgIpc) is 1.84. The van der Waals surface area contributed by atoms with Gasteiger partial charge < -0.3 is 4.90 Å². The van der Waals surface area contributed by atoms with Crippen molar-refractivity contribution in [2.75, 3.05) is 7.05 Å². The maximum absolute atomic E-state index is 10.7. The molecule has 0 aromatic carbocycles. The summed E-state index contributed by atoms with van der Waals surface area (Å²) in [5.41, 5.74) is 0. The van der Waals surface area contributed by atoms with Crippen molar-refractivity contribution in [3.63, 3.8) is 0 Å². The predicted octanol–water partition coefficient (Wildman–Crippen LogP) is 2.53. The Bertz CT molecular complexity index is 107. The SMILES string of the molecule is C.C.CCC(C)N(C)C(C)=O.[V]. The Morgan fingerprint density at radius 2 is 1.75 bits per heavy atom. The molecule has 0 aromatic heterocycles. The molecule has 75 valence electrons. The molecule has 0 aromatic rings. The van der Waals surface area contributed by atoms with E-state index in [1.165, 1.54) is 0 Å². The zero-order chi connectivity index (χ0) is 7.44. The summed E-state index contributed by atoms with van der Waals surface area (Å²) in [4.78, 5) is 12.4. The first-order valence-electron chi connectivity index (χ1n) is 3.33. The number of hydrogen-bond acceptors (Lipinski definition) is 1. The minimum atomic E-state index is 0. The van der Waals surface area contributed by atoms with E-state index >= 15 is 0 Å². The summed E-state index contributed by atoms with van der Waals surface area (Å²) >= 11 is 0. The number of hydrogen-bond donors (Lipinski definition) is 0. The molecular formula is C9H23NOV. The zero-order valence-corrected chi connectivity index (χ0v) is 8.48. The molecule has 0 heterocycles. The molecule has 0 aliphatic carbocycles. The molecule has 0 N–H and O–H groups in total. The molecule has 0 saturated heterocycles. The fourth-order valence-corrected chi connectivity index (χ4v) is 0.584. The molecule has 3 heteroatoms. The van der Waals surface area contributed by atoms with Crippen LogP contribution in [0.25, 0.3) is 0 Å². The van der Waals surface area contributed by atoms with Crippen molar-refractivity contribution in [3.05, 3.63) is 0 Å². The van der Waals surface area contributed by atoms with Gasteiger partial charge in [0.1, 0.15) is 0 Å². The second-order valence-electron chi connectivity index (χ2n) is 2.39. The second-order valence-corrected chi connectivity index (χ2v) is 2.39. The molecule has 0 aliphatic rings. The molecule has 0 saturated carbocycles. The van der Waals surface area contributed by atoms with E-state index in [1.807, 2.05) is 14.0 Å². The molecule has 2 nitrogen and oxygen atoms in total. The summed E-state index contributed by atoms with van der Waals surface area (Å²) in [5, 5.41) is 0. The van der Waals surface area contributed by atoms with Crippen LogP contribution in [0.2, 0.25) is 0 Å². The van der Waals surface area contributed by atoms with E-state index in [0.29, 0.717) is 6.04 Å². The summed E-state index contributed by atoms with van der Waals surface area (Å²) in [6, 6.07) is 0.377. The monoisotopic (exact) mass is 212 g/mol. The van der Waals surface area contributed by atoms with Gasteiger partial charge in [0.05, 0.1) is 0 Å². The van der Waals surface area contributed by atoms with Crippen LogP contribution in [0.1, 0.15) is 42.0 Å². The van der Waals surface area contributed by atoms with Crippen molar-refractivity contribution in [3.8, 4) is 0 Å². The van der Waals surface area contributed by atoms with Gasteiger partial charge in [-0.2, -0.15) is 0 Å². The molecule has 0 rings (SSSR count). The van der Waals surface area contributed by atoms with Crippen LogP contribution in [-0.4, -0.2) is 23.9 Å². The molecule has 1 amide bonds. The Morgan fingerprint density at radius 3 is 1.83 bits per heavy atom. The number of nitrogens with zero attached hydrogens (tertiary/aromatic N) is 1. The van der Waals surface area contributed by atoms with Gasteiger partial charge in [-0.15, -0.1) is 0 Å². The smallest absolute Gasteiger partial charge is 0.219 e. The fraction of sp³-hybridized carbons (Fsp3) is 0.889. The minimum Gasteiger partial charge on any atom is -0.343 e. The molecular weight excluding hydrogens is 189 g/mol. The van der Waals surface area contributed by atoms with Crippen molar-refractivity contribution in [2.24, 2.45) is 0 Å². The first kappa shape index (κ1) is 22.7. The topological polar surface area (TPSA) is 20.3 Å². The van der Waals surface area contributed by atoms with E-state index in [1.54, 1.807) is 11.8 Å². The van der Waals surface area contributed by atoms with Gasteiger partial charge >= 0.3 is 0 Å². The summed E-state index contributed by atoms with van der Waals surface area (Å²) < 4.78 is 0. The van der Waals surface area contributed by atoms with Crippen LogP contribution >= 0.6 is 0 Å². The van der Waals surface area contributed by atoms with Crippen LogP contribution in [0.15, 0.2) is 0 Å². The van der Waals surface area contributed by atoms with E-state index in [4.69, 9.17) is 0 Å². The van der Waals surface area contributed by atoms with E-state index in [9.17, 15) is 4.79 Å². The summed E-state index contributed by atoms with van der Waals surface area (Å²) in [5.74, 6) is 0.143. The standard InChI is InChI=1S/C7H15NO.2CH4.V/c1-5-6(2)8(4)7(3)9;;;/h6H,5H2,1-4H3;2*1H4;. The Labute approximate surface area is 89.6 Å². The Balaban J connectivity index is -0.000000107. The molecule has 0 spiro atoms. The zero-order valence-electron chi connectivity index (χ0n) is 7.09. The van der Waals surface area contributed by atoms with Crippen LogP contribution in [0, 0.1) is 0 Å². The van der Waals surface area contributed by atoms with Crippen LogP contribution in [0.3, 0.4) is 0 Å². The van der Waals surface area contributed by atoms with Gasteiger partial charge in [-0.25, -0.2) is 0 Å². The van der Waals surface area contributed by atoms with Crippen molar-refractivity contribution in [1.82, 2.24) is 4.90 Å². The van der Waals surface area contributed by atoms with Crippen molar-refractivity contribution in [2.45, 2.75) is 48.1 Å². The van der Waals surface area contributed by atoms with Gasteiger partial charge in [-0.1, -0.05) is 21.8 Å².